The molecule has 0 unspecified atom stereocenters. The molecule has 0 bridgehead atoms. The van der Waals surface area contributed by atoms with Gasteiger partial charge in [-0.2, -0.15) is 13.2 Å². The van der Waals surface area contributed by atoms with Gasteiger partial charge in [0.1, 0.15) is 5.75 Å². The molecule has 0 radical (unpaired) electrons. The number of hydrogen-bond acceptors (Lipinski definition) is 2. The van der Waals surface area contributed by atoms with E-state index in [0.717, 1.165) is 0 Å². The Balaban J connectivity index is 2.69. The van der Waals surface area contributed by atoms with Crippen molar-refractivity contribution in [1.29, 1.82) is 0 Å². The predicted molar refractivity (Wildman–Crippen MR) is 55.5 cm³/mol. The van der Waals surface area contributed by atoms with Gasteiger partial charge in [-0.15, -0.1) is 0 Å². The van der Waals surface area contributed by atoms with E-state index in [0.29, 0.717) is 11.3 Å². The van der Waals surface area contributed by atoms with Gasteiger partial charge < -0.3 is 10.1 Å². The minimum atomic E-state index is -4.20. The van der Waals surface area contributed by atoms with Crippen LogP contribution >= 0.6 is 0 Å². The van der Waals surface area contributed by atoms with Gasteiger partial charge in [-0.1, -0.05) is 18.2 Å². The van der Waals surface area contributed by atoms with E-state index in [4.69, 9.17) is 4.74 Å². The van der Waals surface area contributed by atoms with E-state index in [-0.39, 0.29) is 0 Å². The van der Waals surface area contributed by atoms with Gasteiger partial charge >= 0.3 is 6.18 Å². The Bertz CT molecular complexity index is 338. The molecule has 0 saturated heterocycles. The Morgan fingerprint density at radius 1 is 1.31 bits per heavy atom. The van der Waals surface area contributed by atoms with Gasteiger partial charge in [0.25, 0.3) is 0 Å². The molecule has 1 atom stereocenters. The lowest BCUT2D eigenvalue weighted by atomic mass is 10.1. The molecule has 0 fully saturated rings. The standard InChI is InChI=1S/C11H14F3NO/c1-8(15-7-11(12,13)14)9-5-3-4-6-10(9)16-2/h3-6,8,15H,7H2,1-2H3/t8-/m1/s1. The van der Waals surface area contributed by atoms with Crippen molar-refractivity contribution in [2.75, 3.05) is 13.7 Å². The van der Waals surface area contributed by atoms with E-state index in [1.165, 1.54) is 7.11 Å². The number of benzene rings is 1. The molecule has 0 aliphatic rings. The summed E-state index contributed by atoms with van der Waals surface area (Å²) in [6, 6.07) is 6.61. The van der Waals surface area contributed by atoms with E-state index in [1.807, 2.05) is 0 Å². The van der Waals surface area contributed by atoms with E-state index < -0.39 is 18.8 Å². The van der Waals surface area contributed by atoms with Crippen molar-refractivity contribution in [2.45, 2.75) is 19.1 Å². The maximum atomic E-state index is 12.0. The van der Waals surface area contributed by atoms with Gasteiger partial charge in [0.15, 0.2) is 0 Å². The van der Waals surface area contributed by atoms with E-state index in [2.05, 4.69) is 5.32 Å². The predicted octanol–water partition coefficient (Wildman–Crippen LogP) is 2.91. The topological polar surface area (TPSA) is 21.3 Å². The highest BCUT2D eigenvalue weighted by Gasteiger charge is 2.27. The molecule has 0 amide bonds. The maximum absolute atomic E-state index is 12.0. The van der Waals surface area contributed by atoms with Gasteiger partial charge in [0.05, 0.1) is 13.7 Å². The van der Waals surface area contributed by atoms with Crippen LogP contribution in [0.15, 0.2) is 24.3 Å². The van der Waals surface area contributed by atoms with Crippen LogP contribution in [0.25, 0.3) is 0 Å². The quantitative estimate of drug-likeness (QED) is 0.863. The first-order chi connectivity index (χ1) is 7.44. The molecule has 1 rings (SSSR count). The molecule has 2 nitrogen and oxygen atoms in total. The van der Waals surface area contributed by atoms with Crippen LogP contribution in [0.1, 0.15) is 18.5 Å². The SMILES string of the molecule is COc1ccccc1[C@@H](C)NCC(F)(F)F. The normalized spacial score (nSPS) is 13.6. The molecule has 1 aromatic carbocycles. The molecule has 5 heteroatoms. The second-order valence-electron chi connectivity index (χ2n) is 3.46. The van der Waals surface area contributed by atoms with Gasteiger partial charge in [-0.3, -0.25) is 0 Å². The average Bonchev–Trinajstić information content (AvgIpc) is 2.25. The lowest BCUT2D eigenvalue weighted by molar-refractivity contribution is -0.126. The largest absolute Gasteiger partial charge is 0.496 e. The van der Waals surface area contributed by atoms with Gasteiger partial charge in [-0.25, -0.2) is 0 Å². The third-order valence-electron chi connectivity index (χ3n) is 2.21. The van der Waals surface area contributed by atoms with Crippen LogP contribution in [0, 0.1) is 0 Å². The fourth-order valence-electron chi connectivity index (χ4n) is 1.40. The Morgan fingerprint density at radius 3 is 2.50 bits per heavy atom. The number of alkyl halides is 3. The Hall–Kier alpha value is -1.23. The zero-order chi connectivity index (χ0) is 12.2. The summed E-state index contributed by atoms with van der Waals surface area (Å²) < 4.78 is 41.1. The van der Waals surface area contributed by atoms with Crippen molar-refractivity contribution in [3.63, 3.8) is 0 Å². The van der Waals surface area contributed by atoms with E-state index >= 15 is 0 Å². The van der Waals surface area contributed by atoms with Crippen LogP contribution in [0.4, 0.5) is 13.2 Å². The lowest BCUT2D eigenvalue weighted by Crippen LogP contribution is -2.31. The van der Waals surface area contributed by atoms with Crippen molar-refractivity contribution >= 4 is 0 Å². The van der Waals surface area contributed by atoms with Crippen molar-refractivity contribution < 1.29 is 17.9 Å². The maximum Gasteiger partial charge on any atom is 0.401 e. The van der Waals surface area contributed by atoms with Crippen molar-refractivity contribution in [1.82, 2.24) is 5.32 Å². The Morgan fingerprint density at radius 2 is 1.94 bits per heavy atom. The summed E-state index contributed by atoms with van der Waals surface area (Å²) >= 11 is 0. The van der Waals surface area contributed by atoms with Crippen molar-refractivity contribution in [3.8, 4) is 5.75 Å². The molecule has 0 aliphatic heterocycles. The second-order valence-corrected chi connectivity index (χ2v) is 3.46. The van der Waals surface area contributed by atoms with Crippen LogP contribution in [-0.4, -0.2) is 19.8 Å². The average molecular weight is 233 g/mol. The molecule has 0 saturated carbocycles. The highest BCUT2D eigenvalue weighted by atomic mass is 19.4. The fraction of sp³-hybridized carbons (Fsp3) is 0.455. The molecule has 0 aromatic heterocycles. The summed E-state index contributed by atoms with van der Waals surface area (Å²) in [5, 5.41) is 2.41. The van der Waals surface area contributed by atoms with E-state index in [9.17, 15) is 13.2 Å². The number of nitrogens with one attached hydrogen (secondary N) is 1. The number of halogens is 3. The highest BCUT2D eigenvalue weighted by molar-refractivity contribution is 5.35. The molecule has 0 spiro atoms. The van der Waals surface area contributed by atoms with Crippen molar-refractivity contribution in [3.05, 3.63) is 29.8 Å². The first kappa shape index (κ1) is 12.8. The third kappa shape index (κ3) is 3.73. The smallest absolute Gasteiger partial charge is 0.401 e. The minimum absolute atomic E-state index is 0.405. The van der Waals surface area contributed by atoms with Crippen LogP contribution in [0.3, 0.4) is 0 Å². The molecular weight excluding hydrogens is 219 g/mol. The summed E-state index contributed by atoms with van der Waals surface area (Å²) in [7, 11) is 1.50. The van der Waals surface area contributed by atoms with Crippen molar-refractivity contribution in [2.24, 2.45) is 0 Å². The van der Waals surface area contributed by atoms with E-state index in [1.54, 1.807) is 31.2 Å². The third-order valence-corrected chi connectivity index (χ3v) is 2.21. The lowest BCUT2D eigenvalue weighted by Gasteiger charge is -2.18. The number of hydrogen-bond donors (Lipinski definition) is 1. The summed E-state index contributed by atoms with van der Waals surface area (Å²) in [5.41, 5.74) is 0.717. The molecule has 16 heavy (non-hydrogen) atoms. The summed E-state index contributed by atoms with van der Waals surface area (Å²) in [6.07, 6.45) is -4.20. The van der Waals surface area contributed by atoms with Crippen LogP contribution in [0.5, 0.6) is 5.75 Å². The summed E-state index contributed by atoms with van der Waals surface area (Å²) in [6.45, 7) is 0.663. The fourth-order valence-corrected chi connectivity index (χ4v) is 1.40. The Kier molecular flexibility index (Phi) is 4.18. The minimum Gasteiger partial charge on any atom is -0.496 e. The molecule has 0 heterocycles. The van der Waals surface area contributed by atoms with Gasteiger partial charge in [0, 0.05) is 11.6 Å². The monoisotopic (exact) mass is 233 g/mol. The zero-order valence-electron chi connectivity index (χ0n) is 9.14. The number of methoxy groups -OCH3 is 1. The second kappa shape index (κ2) is 5.21. The molecule has 1 N–H and O–H groups in total. The summed E-state index contributed by atoms with van der Waals surface area (Å²) in [5.74, 6) is 0.588. The van der Waals surface area contributed by atoms with Crippen LogP contribution < -0.4 is 10.1 Å². The number of para-hydroxylation sites is 1. The molecule has 90 valence electrons. The van der Waals surface area contributed by atoms with Gasteiger partial charge in [0.2, 0.25) is 0 Å². The van der Waals surface area contributed by atoms with Gasteiger partial charge in [-0.05, 0) is 13.0 Å². The van der Waals surface area contributed by atoms with Crippen LogP contribution in [-0.2, 0) is 0 Å². The first-order valence-corrected chi connectivity index (χ1v) is 4.87. The Labute approximate surface area is 92.4 Å². The molecular formula is C11H14F3NO. The summed E-state index contributed by atoms with van der Waals surface area (Å²) in [4.78, 5) is 0. The first-order valence-electron chi connectivity index (χ1n) is 4.87. The molecule has 0 aliphatic carbocycles. The number of rotatable bonds is 4. The van der Waals surface area contributed by atoms with Crippen LogP contribution in [0.2, 0.25) is 0 Å². The molecule has 1 aromatic rings. The highest BCUT2D eigenvalue weighted by Crippen LogP contribution is 2.25. The zero-order valence-corrected chi connectivity index (χ0v) is 9.14. The number of ether oxygens (including phenoxy) is 1.